The van der Waals surface area contributed by atoms with Crippen LogP contribution in [0.2, 0.25) is 0 Å². The molecule has 0 atom stereocenters. The van der Waals surface area contributed by atoms with E-state index in [-0.39, 0.29) is 5.82 Å². The summed E-state index contributed by atoms with van der Waals surface area (Å²) in [5.74, 6) is -0.260. The van der Waals surface area contributed by atoms with Gasteiger partial charge in [-0.05, 0) is 42.0 Å². The van der Waals surface area contributed by atoms with Gasteiger partial charge in [-0.1, -0.05) is 22.0 Å². The van der Waals surface area contributed by atoms with Crippen molar-refractivity contribution in [2.75, 3.05) is 11.9 Å². The second-order valence-electron chi connectivity index (χ2n) is 4.14. The number of nitrogens with zero attached hydrogens (tertiary/aromatic N) is 2. The van der Waals surface area contributed by atoms with Gasteiger partial charge in [0.15, 0.2) is 0 Å². The monoisotopic (exact) mass is 318 g/mol. The fourth-order valence-corrected chi connectivity index (χ4v) is 2.15. The summed E-state index contributed by atoms with van der Waals surface area (Å²) in [7, 11) is 1.80. The lowest BCUT2D eigenvalue weighted by atomic mass is 10.1. The molecule has 96 valence electrons. The average Bonchev–Trinajstić information content (AvgIpc) is 2.46. The van der Waals surface area contributed by atoms with E-state index in [1.54, 1.807) is 42.3 Å². The highest BCUT2D eigenvalue weighted by atomic mass is 79.9. The van der Waals surface area contributed by atoms with Crippen molar-refractivity contribution in [1.29, 1.82) is 5.26 Å². The first kappa shape index (κ1) is 13.6. The minimum absolute atomic E-state index is 0.260. The predicted octanol–water partition coefficient (Wildman–Crippen LogP) is 4.36. The smallest absolute Gasteiger partial charge is 0.147 e. The average molecular weight is 319 g/mol. The van der Waals surface area contributed by atoms with Crippen molar-refractivity contribution in [3.8, 4) is 6.07 Å². The summed E-state index contributed by atoms with van der Waals surface area (Å²) in [6, 6.07) is 14.3. The van der Waals surface area contributed by atoms with Gasteiger partial charge in [0.1, 0.15) is 5.82 Å². The number of anilines is 2. The van der Waals surface area contributed by atoms with Crippen molar-refractivity contribution in [3.05, 3.63) is 59.4 Å². The van der Waals surface area contributed by atoms with Crippen LogP contribution < -0.4 is 4.90 Å². The summed E-state index contributed by atoms with van der Waals surface area (Å²) < 4.78 is 14.0. The lowest BCUT2D eigenvalue weighted by molar-refractivity contribution is 0.626. The van der Waals surface area contributed by atoms with Gasteiger partial charge in [-0.2, -0.15) is 5.26 Å². The number of nitriles is 1. The maximum atomic E-state index is 14.0. The molecule has 2 aromatic rings. The topological polar surface area (TPSA) is 27.0 Å². The lowest BCUT2D eigenvalue weighted by Crippen LogP contribution is -2.11. The molecular formula is C15H12BrFN2. The number of halogens is 2. The Morgan fingerprint density at radius 2 is 1.89 bits per heavy atom. The minimum atomic E-state index is -0.260. The van der Waals surface area contributed by atoms with Gasteiger partial charge >= 0.3 is 0 Å². The Labute approximate surface area is 120 Å². The van der Waals surface area contributed by atoms with Crippen LogP contribution in [-0.4, -0.2) is 7.05 Å². The van der Waals surface area contributed by atoms with Crippen molar-refractivity contribution in [3.63, 3.8) is 0 Å². The van der Waals surface area contributed by atoms with Gasteiger partial charge in [-0.25, -0.2) is 4.39 Å². The van der Waals surface area contributed by atoms with E-state index in [9.17, 15) is 4.39 Å². The summed E-state index contributed by atoms with van der Waals surface area (Å²) in [4.78, 5) is 1.76. The normalized spacial score (nSPS) is 10.0. The van der Waals surface area contributed by atoms with Gasteiger partial charge in [0.05, 0.1) is 17.3 Å². The predicted molar refractivity (Wildman–Crippen MR) is 78.3 cm³/mol. The molecule has 0 spiro atoms. The van der Waals surface area contributed by atoms with Crippen LogP contribution in [0, 0.1) is 17.1 Å². The molecule has 2 rings (SSSR count). The van der Waals surface area contributed by atoms with Gasteiger partial charge in [-0.15, -0.1) is 0 Å². The van der Waals surface area contributed by atoms with Gasteiger partial charge < -0.3 is 4.90 Å². The zero-order valence-corrected chi connectivity index (χ0v) is 12.0. The van der Waals surface area contributed by atoms with Crippen LogP contribution in [0.4, 0.5) is 15.8 Å². The molecule has 0 saturated carbocycles. The van der Waals surface area contributed by atoms with E-state index in [4.69, 9.17) is 5.26 Å². The Hall–Kier alpha value is -1.86. The largest absolute Gasteiger partial charge is 0.342 e. The van der Waals surface area contributed by atoms with Crippen molar-refractivity contribution in [2.24, 2.45) is 0 Å². The summed E-state index contributed by atoms with van der Waals surface area (Å²) in [5.41, 5.74) is 2.83. The van der Waals surface area contributed by atoms with Crippen LogP contribution >= 0.6 is 15.9 Å². The standard InChI is InChI=1S/C15H12BrFN2/c1-19(13-5-2-11(10-18)3-6-13)15-7-4-12(9-16)8-14(15)17/h2-8H,9H2,1H3. The van der Waals surface area contributed by atoms with Crippen LogP contribution in [0.3, 0.4) is 0 Å². The molecule has 4 heteroatoms. The Morgan fingerprint density at radius 1 is 1.21 bits per heavy atom. The summed E-state index contributed by atoms with van der Waals surface area (Å²) >= 11 is 3.30. The molecule has 0 aliphatic rings. The van der Waals surface area contributed by atoms with Crippen LogP contribution in [0.5, 0.6) is 0 Å². The van der Waals surface area contributed by atoms with E-state index < -0.39 is 0 Å². The van der Waals surface area contributed by atoms with Crippen LogP contribution in [0.1, 0.15) is 11.1 Å². The van der Waals surface area contributed by atoms with Crippen molar-refractivity contribution < 1.29 is 4.39 Å². The molecule has 19 heavy (non-hydrogen) atoms. The molecule has 0 aromatic heterocycles. The number of hydrogen-bond acceptors (Lipinski definition) is 2. The van der Waals surface area contributed by atoms with E-state index in [2.05, 4.69) is 22.0 Å². The molecule has 0 N–H and O–H groups in total. The highest BCUT2D eigenvalue weighted by Gasteiger charge is 2.10. The third-order valence-electron chi connectivity index (χ3n) is 2.91. The molecule has 0 saturated heterocycles. The van der Waals surface area contributed by atoms with Gasteiger partial charge in [0.25, 0.3) is 0 Å². The lowest BCUT2D eigenvalue weighted by Gasteiger charge is -2.20. The maximum absolute atomic E-state index is 14.0. The summed E-state index contributed by atoms with van der Waals surface area (Å²) in [6.07, 6.45) is 0. The summed E-state index contributed by atoms with van der Waals surface area (Å²) in [5, 5.41) is 9.39. The first-order chi connectivity index (χ1) is 9.15. The fourth-order valence-electron chi connectivity index (χ4n) is 1.80. The van der Waals surface area contributed by atoms with Crippen LogP contribution in [0.15, 0.2) is 42.5 Å². The molecule has 2 nitrogen and oxygen atoms in total. The molecule has 0 amide bonds. The van der Waals surface area contributed by atoms with E-state index in [0.29, 0.717) is 16.6 Å². The fraction of sp³-hybridized carbons (Fsp3) is 0.133. The first-order valence-corrected chi connectivity index (χ1v) is 6.86. The number of alkyl halides is 1. The zero-order chi connectivity index (χ0) is 13.8. The molecule has 0 unspecified atom stereocenters. The minimum Gasteiger partial charge on any atom is -0.342 e. The Balaban J connectivity index is 2.32. The quantitative estimate of drug-likeness (QED) is 0.786. The highest BCUT2D eigenvalue weighted by molar-refractivity contribution is 9.08. The van der Waals surface area contributed by atoms with Crippen molar-refractivity contribution in [1.82, 2.24) is 0 Å². The number of rotatable bonds is 3. The van der Waals surface area contributed by atoms with E-state index in [0.717, 1.165) is 11.3 Å². The number of hydrogen-bond donors (Lipinski definition) is 0. The molecule has 0 heterocycles. The highest BCUT2D eigenvalue weighted by Crippen LogP contribution is 2.27. The van der Waals surface area contributed by atoms with E-state index >= 15 is 0 Å². The molecule has 0 fully saturated rings. The third-order valence-corrected chi connectivity index (χ3v) is 3.56. The molecule has 2 aromatic carbocycles. The molecule has 0 aliphatic carbocycles. The van der Waals surface area contributed by atoms with Gasteiger partial charge in [-0.3, -0.25) is 0 Å². The SMILES string of the molecule is CN(c1ccc(C#N)cc1)c1ccc(CBr)cc1F. The van der Waals surface area contributed by atoms with Crippen LogP contribution in [-0.2, 0) is 5.33 Å². The molecule has 0 radical (unpaired) electrons. The zero-order valence-electron chi connectivity index (χ0n) is 10.4. The number of benzene rings is 2. The van der Waals surface area contributed by atoms with Gasteiger partial charge in [0.2, 0.25) is 0 Å². The van der Waals surface area contributed by atoms with Crippen molar-refractivity contribution in [2.45, 2.75) is 5.33 Å². The van der Waals surface area contributed by atoms with E-state index in [1.807, 2.05) is 6.07 Å². The first-order valence-electron chi connectivity index (χ1n) is 5.74. The second kappa shape index (κ2) is 5.85. The molecule has 0 aliphatic heterocycles. The third kappa shape index (κ3) is 2.94. The van der Waals surface area contributed by atoms with Gasteiger partial charge in [0, 0.05) is 18.1 Å². The Morgan fingerprint density at radius 3 is 2.42 bits per heavy atom. The second-order valence-corrected chi connectivity index (χ2v) is 4.70. The maximum Gasteiger partial charge on any atom is 0.147 e. The van der Waals surface area contributed by atoms with Crippen LogP contribution in [0.25, 0.3) is 0 Å². The van der Waals surface area contributed by atoms with Crippen molar-refractivity contribution >= 4 is 27.3 Å². The molecule has 0 bridgehead atoms. The Kier molecular flexibility index (Phi) is 4.18. The van der Waals surface area contributed by atoms with E-state index in [1.165, 1.54) is 6.07 Å². The Bertz CT molecular complexity index is 617. The summed E-state index contributed by atoms with van der Waals surface area (Å²) in [6.45, 7) is 0. The molecular weight excluding hydrogens is 307 g/mol.